The SMILES string of the molecule is CCC(=O)Cn1c(=O)c2c(ncn2CC(=O)Nc2nc(-c3ccc(C)nc3)ccc2C(F)(F)F)n(C)c1=O. The highest BCUT2D eigenvalue weighted by molar-refractivity contribution is 5.91. The number of halogens is 3. The summed E-state index contributed by atoms with van der Waals surface area (Å²) in [6, 6.07) is 5.30. The molecule has 0 bridgehead atoms. The second kappa shape index (κ2) is 10.0. The zero-order chi connectivity index (χ0) is 27.8. The molecule has 0 aliphatic heterocycles. The Bertz CT molecular complexity index is 1670. The fourth-order valence-corrected chi connectivity index (χ4v) is 3.76. The van der Waals surface area contributed by atoms with E-state index in [9.17, 15) is 32.3 Å². The third kappa shape index (κ3) is 5.10. The molecule has 0 aromatic carbocycles. The summed E-state index contributed by atoms with van der Waals surface area (Å²) in [5.74, 6) is -2.00. The van der Waals surface area contributed by atoms with Crippen LogP contribution in [0.2, 0.25) is 0 Å². The molecule has 0 radical (unpaired) electrons. The van der Waals surface area contributed by atoms with Gasteiger partial charge in [0.25, 0.3) is 5.56 Å². The Balaban J connectivity index is 1.70. The number of alkyl halides is 3. The number of rotatable bonds is 7. The number of imidazole rings is 1. The number of aryl methyl sites for hydroxylation is 2. The van der Waals surface area contributed by atoms with Crippen molar-refractivity contribution in [2.75, 3.05) is 5.32 Å². The lowest BCUT2D eigenvalue weighted by Gasteiger charge is -2.15. The summed E-state index contributed by atoms with van der Waals surface area (Å²) in [4.78, 5) is 62.5. The van der Waals surface area contributed by atoms with Crippen LogP contribution in [0.1, 0.15) is 24.6 Å². The van der Waals surface area contributed by atoms with E-state index in [4.69, 9.17) is 0 Å². The molecule has 0 unspecified atom stereocenters. The fourth-order valence-electron chi connectivity index (χ4n) is 3.76. The van der Waals surface area contributed by atoms with E-state index in [2.05, 4.69) is 20.3 Å². The Morgan fingerprint density at radius 3 is 2.42 bits per heavy atom. The lowest BCUT2D eigenvalue weighted by molar-refractivity contribution is -0.137. The van der Waals surface area contributed by atoms with Crippen LogP contribution >= 0.6 is 0 Å². The summed E-state index contributed by atoms with van der Waals surface area (Å²) in [5.41, 5.74) is -1.66. The van der Waals surface area contributed by atoms with Crippen molar-refractivity contribution in [1.82, 2.24) is 28.7 Å². The van der Waals surface area contributed by atoms with Gasteiger partial charge in [-0.1, -0.05) is 6.92 Å². The van der Waals surface area contributed by atoms with Gasteiger partial charge in [0.15, 0.2) is 16.9 Å². The quantitative estimate of drug-likeness (QED) is 0.388. The summed E-state index contributed by atoms with van der Waals surface area (Å²) in [5, 5.41) is 2.17. The van der Waals surface area contributed by atoms with Gasteiger partial charge in [-0.3, -0.25) is 28.5 Å². The predicted octanol–water partition coefficient (Wildman–Crippen LogP) is 2.30. The summed E-state index contributed by atoms with van der Waals surface area (Å²) in [7, 11) is 1.35. The molecule has 0 atom stereocenters. The fraction of sp³-hybridized carbons (Fsp3) is 0.292. The minimum atomic E-state index is -4.81. The van der Waals surface area contributed by atoms with Gasteiger partial charge in [0, 0.05) is 30.9 Å². The molecular formula is C24H22F3N7O4. The minimum absolute atomic E-state index is 0.0454. The van der Waals surface area contributed by atoms with Gasteiger partial charge in [0.2, 0.25) is 5.91 Å². The number of ketones is 1. The molecule has 14 heteroatoms. The number of aromatic nitrogens is 6. The standard InChI is InChI=1S/C24H22F3N7O4/c1-4-15(35)10-34-22(37)19-21(32(3)23(34)38)29-12-33(19)11-18(36)31-20-16(24(25,26)27)7-8-17(30-20)14-6-5-13(2)28-9-14/h5-9,12H,4,10-11H2,1-3H3,(H,30,31,36). The van der Waals surface area contributed by atoms with Crippen molar-refractivity contribution in [3.63, 3.8) is 0 Å². The van der Waals surface area contributed by atoms with Crippen molar-refractivity contribution < 1.29 is 22.8 Å². The number of carbonyl (C=O) groups is 2. The predicted molar refractivity (Wildman–Crippen MR) is 130 cm³/mol. The van der Waals surface area contributed by atoms with Gasteiger partial charge >= 0.3 is 11.9 Å². The van der Waals surface area contributed by atoms with Gasteiger partial charge in [-0.2, -0.15) is 13.2 Å². The van der Waals surface area contributed by atoms with Crippen molar-refractivity contribution in [1.29, 1.82) is 0 Å². The van der Waals surface area contributed by atoms with Gasteiger partial charge in [0.1, 0.15) is 12.4 Å². The number of nitrogens with zero attached hydrogens (tertiary/aromatic N) is 6. The highest BCUT2D eigenvalue weighted by atomic mass is 19.4. The minimum Gasteiger partial charge on any atom is -0.315 e. The van der Waals surface area contributed by atoms with Crippen LogP contribution in [0.15, 0.2) is 46.4 Å². The van der Waals surface area contributed by atoms with E-state index in [1.165, 1.54) is 19.3 Å². The molecule has 11 nitrogen and oxygen atoms in total. The first-order valence-corrected chi connectivity index (χ1v) is 11.4. The topological polar surface area (TPSA) is 134 Å². The van der Waals surface area contributed by atoms with Crippen molar-refractivity contribution in [3.05, 3.63) is 68.9 Å². The van der Waals surface area contributed by atoms with Gasteiger partial charge < -0.3 is 9.88 Å². The summed E-state index contributed by atoms with van der Waals surface area (Å²) >= 11 is 0. The summed E-state index contributed by atoms with van der Waals surface area (Å²) < 4.78 is 43.9. The number of anilines is 1. The Labute approximate surface area is 212 Å². The molecule has 0 saturated carbocycles. The Hall–Kier alpha value is -4.62. The van der Waals surface area contributed by atoms with Crippen LogP contribution < -0.4 is 16.6 Å². The third-order valence-corrected chi connectivity index (χ3v) is 5.81. The van der Waals surface area contributed by atoms with E-state index in [-0.39, 0.29) is 29.1 Å². The number of pyridine rings is 2. The first-order valence-electron chi connectivity index (χ1n) is 11.4. The molecular weight excluding hydrogens is 507 g/mol. The first-order chi connectivity index (χ1) is 17.9. The molecule has 4 heterocycles. The van der Waals surface area contributed by atoms with Crippen LogP contribution in [0.25, 0.3) is 22.4 Å². The number of fused-ring (bicyclic) bond motifs is 1. The summed E-state index contributed by atoms with van der Waals surface area (Å²) in [6.07, 6.45) is -2.14. The van der Waals surface area contributed by atoms with E-state index in [0.717, 1.165) is 26.1 Å². The van der Waals surface area contributed by atoms with Gasteiger partial charge in [-0.15, -0.1) is 0 Å². The van der Waals surface area contributed by atoms with Crippen LogP contribution in [0.5, 0.6) is 0 Å². The lowest BCUT2D eigenvalue weighted by atomic mass is 10.1. The van der Waals surface area contributed by atoms with Crippen LogP contribution in [0.4, 0.5) is 19.0 Å². The summed E-state index contributed by atoms with van der Waals surface area (Å²) in [6.45, 7) is 2.26. The van der Waals surface area contributed by atoms with E-state index in [0.29, 0.717) is 11.3 Å². The molecule has 0 aliphatic rings. The smallest absolute Gasteiger partial charge is 0.315 e. The number of carbonyl (C=O) groups excluding carboxylic acids is 2. The molecule has 4 aromatic heterocycles. The monoisotopic (exact) mass is 529 g/mol. The number of nitrogens with one attached hydrogen (secondary N) is 1. The average Bonchev–Trinajstić information content (AvgIpc) is 3.28. The second-order valence-corrected chi connectivity index (χ2v) is 8.50. The number of amides is 1. The molecule has 4 aromatic rings. The van der Waals surface area contributed by atoms with Crippen molar-refractivity contribution >= 4 is 28.7 Å². The maximum absolute atomic E-state index is 13.7. The normalized spacial score (nSPS) is 11.6. The van der Waals surface area contributed by atoms with Gasteiger partial charge in [0.05, 0.1) is 24.1 Å². The van der Waals surface area contributed by atoms with E-state index < -0.39 is 47.8 Å². The third-order valence-electron chi connectivity index (χ3n) is 5.81. The lowest BCUT2D eigenvalue weighted by Crippen LogP contribution is -2.41. The Morgan fingerprint density at radius 2 is 1.79 bits per heavy atom. The highest BCUT2D eigenvalue weighted by Gasteiger charge is 2.35. The molecule has 4 rings (SSSR count). The molecule has 0 fully saturated rings. The van der Waals surface area contributed by atoms with Gasteiger partial charge in [-0.25, -0.2) is 14.8 Å². The van der Waals surface area contributed by atoms with E-state index in [1.54, 1.807) is 26.0 Å². The maximum atomic E-state index is 13.7. The van der Waals surface area contributed by atoms with Crippen LogP contribution in [0.3, 0.4) is 0 Å². The van der Waals surface area contributed by atoms with Crippen molar-refractivity contribution in [2.45, 2.75) is 39.5 Å². The molecule has 1 amide bonds. The first kappa shape index (κ1) is 26.4. The largest absolute Gasteiger partial charge is 0.419 e. The number of hydrogen-bond donors (Lipinski definition) is 1. The Kier molecular flexibility index (Phi) is 6.98. The van der Waals surface area contributed by atoms with Crippen molar-refractivity contribution in [2.24, 2.45) is 7.05 Å². The van der Waals surface area contributed by atoms with Gasteiger partial charge in [-0.05, 0) is 31.2 Å². The number of Topliss-reactive ketones (excluding diaryl/α,β-unsaturated/α-hetero) is 1. The number of hydrogen-bond acceptors (Lipinski definition) is 7. The zero-order valence-electron chi connectivity index (χ0n) is 20.5. The Morgan fingerprint density at radius 1 is 1.05 bits per heavy atom. The molecule has 0 spiro atoms. The maximum Gasteiger partial charge on any atom is 0.419 e. The van der Waals surface area contributed by atoms with E-state index >= 15 is 0 Å². The van der Waals surface area contributed by atoms with Crippen LogP contribution in [-0.4, -0.2) is 40.3 Å². The van der Waals surface area contributed by atoms with Crippen LogP contribution in [0, 0.1) is 6.92 Å². The zero-order valence-corrected chi connectivity index (χ0v) is 20.5. The molecule has 38 heavy (non-hydrogen) atoms. The molecule has 0 saturated heterocycles. The molecule has 198 valence electrons. The molecule has 0 aliphatic carbocycles. The van der Waals surface area contributed by atoms with E-state index in [1.807, 2.05) is 0 Å². The second-order valence-electron chi connectivity index (χ2n) is 8.50. The highest BCUT2D eigenvalue weighted by Crippen LogP contribution is 2.35. The van der Waals surface area contributed by atoms with Crippen molar-refractivity contribution in [3.8, 4) is 11.3 Å². The molecule has 1 N–H and O–H groups in total. The average molecular weight is 529 g/mol. The van der Waals surface area contributed by atoms with Crippen LogP contribution in [-0.2, 0) is 35.9 Å².